The van der Waals surface area contributed by atoms with E-state index in [4.69, 9.17) is 21.4 Å². The molecule has 0 aromatic carbocycles. The van der Waals surface area contributed by atoms with Crippen LogP contribution in [-0.4, -0.2) is 22.2 Å². The van der Waals surface area contributed by atoms with Crippen LogP contribution in [-0.2, 0) is 0 Å². The highest BCUT2D eigenvalue weighted by Crippen LogP contribution is 2.31. The van der Waals surface area contributed by atoms with Gasteiger partial charge in [0.05, 0.1) is 11.8 Å². The molecule has 0 radical (unpaired) electrons. The van der Waals surface area contributed by atoms with Gasteiger partial charge in [-0.15, -0.1) is 0 Å². The van der Waals surface area contributed by atoms with Gasteiger partial charge in [0.2, 0.25) is 0 Å². The first kappa shape index (κ1) is 11.8. The third-order valence-corrected chi connectivity index (χ3v) is 2.18. The van der Waals surface area contributed by atoms with E-state index in [1.165, 1.54) is 6.20 Å². The lowest BCUT2D eigenvalue weighted by molar-refractivity contribution is 0.0690. The van der Waals surface area contributed by atoms with Gasteiger partial charge in [-0.3, -0.25) is 4.98 Å². The minimum atomic E-state index is -1.10. The van der Waals surface area contributed by atoms with Crippen molar-refractivity contribution in [1.29, 1.82) is 0 Å². The van der Waals surface area contributed by atoms with Crippen LogP contribution in [0.3, 0.4) is 0 Å². The first-order chi connectivity index (χ1) is 6.93. The molecule has 0 unspecified atom stereocenters. The van der Waals surface area contributed by atoms with Crippen LogP contribution < -0.4 is 4.74 Å². The molecule has 1 rings (SSSR count). The lowest BCUT2D eigenvalue weighted by Gasteiger charge is -2.14. The van der Waals surface area contributed by atoms with Crippen LogP contribution in [0.5, 0.6) is 5.75 Å². The number of aromatic nitrogens is 1. The fraction of sp³-hybridized carbons (Fsp3) is 0.400. The minimum absolute atomic E-state index is 0.0145. The van der Waals surface area contributed by atoms with E-state index in [0.29, 0.717) is 5.69 Å². The van der Waals surface area contributed by atoms with Gasteiger partial charge in [0, 0.05) is 6.20 Å². The number of hydrogen-bond acceptors (Lipinski definition) is 3. The van der Waals surface area contributed by atoms with Crippen molar-refractivity contribution in [1.82, 2.24) is 4.98 Å². The number of nitrogens with zero attached hydrogens (tertiary/aromatic N) is 1. The van der Waals surface area contributed by atoms with Crippen LogP contribution in [0.15, 0.2) is 6.20 Å². The number of pyridine rings is 1. The van der Waals surface area contributed by atoms with Crippen LogP contribution in [0.25, 0.3) is 0 Å². The summed E-state index contributed by atoms with van der Waals surface area (Å²) in [6.45, 7) is 5.30. The average Bonchev–Trinajstić information content (AvgIpc) is 2.12. The summed E-state index contributed by atoms with van der Waals surface area (Å²) in [7, 11) is 0. The molecule has 0 saturated carbocycles. The second-order valence-electron chi connectivity index (χ2n) is 3.37. The quantitative estimate of drug-likeness (QED) is 0.865. The normalized spacial score (nSPS) is 10.5. The Morgan fingerprint density at radius 3 is 2.67 bits per heavy atom. The van der Waals surface area contributed by atoms with E-state index in [-0.39, 0.29) is 22.4 Å². The topological polar surface area (TPSA) is 59.4 Å². The summed E-state index contributed by atoms with van der Waals surface area (Å²) in [5.41, 5.74) is 0.539. The number of carboxylic acid groups (broad SMARTS) is 1. The number of hydrogen-bond donors (Lipinski definition) is 1. The van der Waals surface area contributed by atoms with Crippen molar-refractivity contribution in [3.05, 3.63) is 22.5 Å². The van der Waals surface area contributed by atoms with Crippen molar-refractivity contribution in [2.45, 2.75) is 26.9 Å². The molecular weight excluding hydrogens is 218 g/mol. The summed E-state index contributed by atoms with van der Waals surface area (Å²) in [5, 5.41) is 9.17. The molecule has 82 valence electrons. The Labute approximate surface area is 92.8 Å². The molecule has 4 nitrogen and oxygen atoms in total. The fourth-order valence-electron chi connectivity index (χ4n) is 1.06. The molecule has 0 aliphatic rings. The van der Waals surface area contributed by atoms with Crippen LogP contribution in [0, 0.1) is 6.92 Å². The Balaban J connectivity index is 3.28. The van der Waals surface area contributed by atoms with E-state index in [1.54, 1.807) is 20.8 Å². The highest BCUT2D eigenvalue weighted by molar-refractivity contribution is 6.33. The van der Waals surface area contributed by atoms with Gasteiger partial charge in [-0.25, -0.2) is 4.79 Å². The number of carboxylic acids is 1. The van der Waals surface area contributed by atoms with Gasteiger partial charge in [-0.2, -0.15) is 0 Å². The summed E-state index contributed by atoms with van der Waals surface area (Å²) in [4.78, 5) is 14.8. The van der Waals surface area contributed by atoms with Crippen molar-refractivity contribution >= 4 is 17.6 Å². The van der Waals surface area contributed by atoms with Crippen LogP contribution in [0.1, 0.15) is 29.9 Å². The number of halogens is 1. The first-order valence-electron chi connectivity index (χ1n) is 4.48. The van der Waals surface area contributed by atoms with Crippen molar-refractivity contribution in [2.24, 2.45) is 0 Å². The van der Waals surface area contributed by atoms with Gasteiger partial charge in [-0.1, -0.05) is 11.6 Å². The number of aryl methyl sites for hydroxylation is 1. The zero-order valence-corrected chi connectivity index (χ0v) is 9.50. The smallest absolute Gasteiger partial charge is 0.341 e. The van der Waals surface area contributed by atoms with Crippen LogP contribution in [0.2, 0.25) is 5.02 Å². The Morgan fingerprint density at radius 2 is 2.20 bits per heavy atom. The maximum absolute atomic E-state index is 10.9. The molecule has 5 heteroatoms. The number of aromatic carboxylic acids is 1. The molecule has 0 bridgehead atoms. The molecule has 1 aromatic heterocycles. The Bertz CT molecular complexity index is 390. The van der Waals surface area contributed by atoms with E-state index in [0.717, 1.165) is 0 Å². The highest BCUT2D eigenvalue weighted by Gasteiger charge is 2.18. The number of carbonyl (C=O) groups is 1. The van der Waals surface area contributed by atoms with Crippen molar-refractivity contribution in [2.75, 3.05) is 0 Å². The molecule has 0 fully saturated rings. The van der Waals surface area contributed by atoms with E-state index >= 15 is 0 Å². The van der Waals surface area contributed by atoms with Gasteiger partial charge < -0.3 is 9.84 Å². The molecule has 1 heterocycles. The van der Waals surface area contributed by atoms with Gasteiger partial charge >= 0.3 is 5.97 Å². The van der Waals surface area contributed by atoms with E-state index in [2.05, 4.69) is 4.98 Å². The van der Waals surface area contributed by atoms with Gasteiger partial charge in [0.1, 0.15) is 10.6 Å². The molecular formula is C10H12ClNO3. The molecule has 1 aromatic rings. The van der Waals surface area contributed by atoms with E-state index in [1.807, 2.05) is 0 Å². The Morgan fingerprint density at radius 1 is 1.60 bits per heavy atom. The van der Waals surface area contributed by atoms with E-state index < -0.39 is 5.97 Å². The van der Waals surface area contributed by atoms with Gasteiger partial charge in [-0.05, 0) is 20.8 Å². The summed E-state index contributed by atoms with van der Waals surface area (Å²) in [5.74, 6) is -0.910. The Kier molecular flexibility index (Phi) is 3.52. The monoisotopic (exact) mass is 229 g/mol. The molecule has 1 N–H and O–H groups in total. The third kappa shape index (κ3) is 2.59. The van der Waals surface area contributed by atoms with Gasteiger partial charge in [0.25, 0.3) is 0 Å². The van der Waals surface area contributed by atoms with Crippen molar-refractivity contribution < 1.29 is 14.6 Å². The maximum atomic E-state index is 10.9. The van der Waals surface area contributed by atoms with Crippen molar-refractivity contribution in [3.63, 3.8) is 0 Å². The van der Waals surface area contributed by atoms with Crippen molar-refractivity contribution in [3.8, 4) is 5.75 Å². The molecule has 0 aliphatic carbocycles. The number of ether oxygens (including phenoxy) is 1. The van der Waals surface area contributed by atoms with Crippen LogP contribution in [0.4, 0.5) is 0 Å². The SMILES string of the molecule is Cc1ncc(C(=O)O)c(OC(C)C)c1Cl. The molecule has 0 saturated heterocycles. The molecule has 0 atom stereocenters. The van der Waals surface area contributed by atoms with Gasteiger partial charge in [0.15, 0.2) is 5.75 Å². The fourth-order valence-corrected chi connectivity index (χ4v) is 1.26. The standard InChI is InChI=1S/C10H12ClNO3/c1-5(2)15-9-7(10(13)14)4-12-6(3)8(9)11/h4-5H,1-3H3,(H,13,14). The second kappa shape index (κ2) is 4.49. The summed E-state index contributed by atoms with van der Waals surface area (Å²) in [6, 6.07) is 0. The minimum Gasteiger partial charge on any atom is -0.488 e. The lowest BCUT2D eigenvalue weighted by atomic mass is 10.2. The van der Waals surface area contributed by atoms with E-state index in [9.17, 15) is 4.79 Å². The average molecular weight is 230 g/mol. The lowest BCUT2D eigenvalue weighted by Crippen LogP contribution is -2.11. The zero-order chi connectivity index (χ0) is 11.6. The predicted molar refractivity (Wildman–Crippen MR) is 56.7 cm³/mol. The molecule has 15 heavy (non-hydrogen) atoms. The summed E-state index contributed by atoms with van der Waals surface area (Å²) in [6.07, 6.45) is 1.11. The summed E-state index contributed by atoms with van der Waals surface area (Å²) >= 11 is 5.94. The Hall–Kier alpha value is -1.29. The predicted octanol–water partition coefficient (Wildman–Crippen LogP) is 2.53. The third-order valence-electron chi connectivity index (χ3n) is 1.73. The molecule has 0 amide bonds. The first-order valence-corrected chi connectivity index (χ1v) is 4.86. The van der Waals surface area contributed by atoms with Crippen LogP contribution >= 0.6 is 11.6 Å². The second-order valence-corrected chi connectivity index (χ2v) is 3.75. The summed E-state index contributed by atoms with van der Waals surface area (Å²) < 4.78 is 5.37. The molecule has 0 spiro atoms. The molecule has 0 aliphatic heterocycles. The zero-order valence-electron chi connectivity index (χ0n) is 8.74. The highest BCUT2D eigenvalue weighted by atomic mass is 35.5. The maximum Gasteiger partial charge on any atom is 0.341 e. The largest absolute Gasteiger partial charge is 0.488 e. The number of rotatable bonds is 3.